The van der Waals surface area contributed by atoms with Gasteiger partial charge in [-0.3, -0.25) is 4.79 Å². The lowest BCUT2D eigenvalue weighted by molar-refractivity contribution is 0.0621. The molecule has 0 atom stereocenters. The quantitative estimate of drug-likeness (QED) is 0.724. The van der Waals surface area contributed by atoms with E-state index in [2.05, 4.69) is 5.10 Å². The van der Waals surface area contributed by atoms with Crippen LogP contribution in [0.2, 0.25) is 0 Å². The number of ether oxygens (including phenoxy) is 3. The number of nitrogens with zero attached hydrogens (tertiary/aromatic N) is 3. The van der Waals surface area contributed by atoms with Crippen molar-refractivity contribution in [1.29, 1.82) is 0 Å². The number of methoxy groups -OCH3 is 2. The highest BCUT2D eigenvalue weighted by Crippen LogP contribution is 2.23. The Balaban J connectivity index is 2.11. The molecule has 0 saturated heterocycles. The SMILES string of the molecule is COCCN(CCOC)C(=O)c1cnn2c1OCCC2. The monoisotopic (exact) mass is 283 g/mol. The van der Waals surface area contributed by atoms with Crippen LogP contribution in [0.15, 0.2) is 6.20 Å². The molecular formula is C13H21N3O4. The van der Waals surface area contributed by atoms with Crippen LogP contribution in [0, 0.1) is 0 Å². The molecule has 1 aromatic rings. The molecule has 112 valence electrons. The summed E-state index contributed by atoms with van der Waals surface area (Å²) in [6.07, 6.45) is 2.50. The van der Waals surface area contributed by atoms with E-state index in [1.807, 2.05) is 0 Å². The minimum atomic E-state index is -0.0951. The van der Waals surface area contributed by atoms with Crippen LogP contribution in [0.4, 0.5) is 0 Å². The van der Waals surface area contributed by atoms with Crippen molar-refractivity contribution < 1.29 is 19.0 Å². The lowest BCUT2D eigenvalue weighted by Crippen LogP contribution is -2.36. The van der Waals surface area contributed by atoms with Crippen molar-refractivity contribution in [2.45, 2.75) is 13.0 Å². The van der Waals surface area contributed by atoms with Crippen molar-refractivity contribution in [2.75, 3.05) is 47.1 Å². The van der Waals surface area contributed by atoms with E-state index in [1.54, 1.807) is 30.0 Å². The summed E-state index contributed by atoms with van der Waals surface area (Å²) in [6.45, 7) is 3.42. The van der Waals surface area contributed by atoms with E-state index < -0.39 is 0 Å². The standard InChI is InChI=1S/C13H21N3O4/c1-18-8-5-15(6-9-19-2)12(17)11-10-14-16-4-3-7-20-13(11)16/h10H,3-9H2,1-2H3. The average molecular weight is 283 g/mol. The third-order valence-corrected chi connectivity index (χ3v) is 3.19. The summed E-state index contributed by atoms with van der Waals surface area (Å²) < 4.78 is 17.4. The molecule has 2 heterocycles. The fourth-order valence-corrected chi connectivity index (χ4v) is 2.10. The van der Waals surface area contributed by atoms with E-state index >= 15 is 0 Å². The molecule has 20 heavy (non-hydrogen) atoms. The van der Waals surface area contributed by atoms with Crippen LogP contribution in [0.25, 0.3) is 0 Å². The van der Waals surface area contributed by atoms with E-state index in [1.165, 1.54) is 0 Å². The van der Waals surface area contributed by atoms with E-state index in [-0.39, 0.29) is 5.91 Å². The first-order valence-electron chi connectivity index (χ1n) is 6.73. The maximum absolute atomic E-state index is 12.6. The smallest absolute Gasteiger partial charge is 0.261 e. The summed E-state index contributed by atoms with van der Waals surface area (Å²) in [5.74, 6) is 0.475. The molecular weight excluding hydrogens is 262 g/mol. The van der Waals surface area contributed by atoms with Crippen LogP contribution in [0.5, 0.6) is 5.88 Å². The van der Waals surface area contributed by atoms with Gasteiger partial charge in [0.05, 0.1) is 26.0 Å². The topological polar surface area (TPSA) is 65.8 Å². The first-order chi connectivity index (χ1) is 9.77. The van der Waals surface area contributed by atoms with Crippen molar-refractivity contribution >= 4 is 5.91 Å². The van der Waals surface area contributed by atoms with Crippen molar-refractivity contribution in [2.24, 2.45) is 0 Å². The first kappa shape index (κ1) is 14.8. The summed E-state index contributed by atoms with van der Waals surface area (Å²) in [4.78, 5) is 14.3. The Bertz CT molecular complexity index is 439. The van der Waals surface area contributed by atoms with Crippen LogP contribution >= 0.6 is 0 Å². The molecule has 1 aromatic heterocycles. The maximum atomic E-state index is 12.6. The van der Waals surface area contributed by atoms with Gasteiger partial charge < -0.3 is 19.1 Å². The molecule has 0 saturated carbocycles. The van der Waals surface area contributed by atoms with Crippen LogP contribution < -0.4 is 4.74 Å². The van der Waals surface area contributed by atoms with Crippen LogP contribution in [-0.4, -0.2) is 67.7 Å². The van der Waals surface area contributed by atoms with E-state index in [4.69, 9.17) is 14.2 Å². The molecule has 7 nitrogen and oxygen atoms in total. The number of rotatable bonds is 7. The molecule has 1 aliphatic rings. The van der Waals surface area contributed by atoms with Crippen molar-refractivity contribution in [3.05, 3.63) is 11.8 Å². The zero-order valence-corrected chi connectivity index (χ0v) is 12.0. The van der Waals surface area contributed by atoms with Gasteiger partial charge in [0.15, 0.2) is 0 Å². The molecule has 0 radical (unpaired) electrons. The molecule has 7 heteroatoms. The molecule has 0 aromatic carbocycles. The highest BCUT2D eigenvalue weighted by atomic mass is 16.5. The minimum Gasteiger partial charge on any atom is -0.477 e. The Hall–Kier alpha value is -1.60. The van der Waals surface area contributed by atoms with Gasteiger partial charge in [0.2, 0.25) is 5.88 Å². The number of carbonyl (C=O) groups is 1. The number of hydrogen-bond acceptors (Lipinski definition) is 5. The number of aryl methyl sites for hydroxylation is 1. The molecule has 2 rings (SSSR count). The molecule has 1 amide bonds. The van der Waals surface area contributed by atoms with Crippen LogP contribution in [0.3, 0.4) is 0 Å². The number of fused-ring (bicyclic) bond motifs is 1. The molecule has 1 aliphatic heterocycles. The number of carbonyl (C=O) groups excluding carboxylic acids is 1. The van der Waals surface area contributed by atoms with Crippen LogP contribution in [0.1, 0.15) is 16.8 Å². The summed E-state index contributed by atoms with van der Waals surface area (Å²) in [6, 6.07) is 0. The predicted octanol–water partition coefficient (Wildman–Crippen LogP) is 0.401. The normalized spacial score (nSPS) is 13.7. The first-order valence-corrected chi connectivity index (χ1v) is 6.73. The summed E-state index contributed by atoms with van der Waals surface area (Å²) in [5, 5.41) is 4.20. The lowest BCUT2D eigenvalue weighted by Gasteiger charge is -2.23. The third-order valence-electron chi connectivity index (χ3n) is 3.19. The van der Waals surface area contributed by atoms with Crippen molar-refractivity contribution in [3.63, 3.8) is 0 Å². The third kappa shape index (κ3) is 3.29. The minimum absolute atomic E-state index is 0.0951. The van der Waals surface area contributed by atoms with Gasteiger partial charge in [-0.25, -0.2) is 4.68 Å². The van der Waals surface area contributed by atoms with Gasteiger partial charge in [-0.05, 0) is 0 Å². The zero-order chi connectivity index (χ0) is 14.4. The number of amides is 1. The van der Waals surface area contributed by atoms with Crippen molar-refractivity contribution in [1.82, 2.24) is 14.7 Å². The lowest BCUT2D eigenvalue weighted by atomic mass is 10.2. The predicted molar refractivity (Wildman–Crippen MR) is 72.0 cm³/mol. The van der Waals surface area contributed by atoms with E-state index in [9.17, 15) is 4.79 Å². The fraction of sp³-hybridized carbons (Fsp3) is 0.692. The van der Waals surface area contributed by atoms with Gasteiger partial charge in [0.25, 0.3) is 5.91 Å². The Kier molecular flexibility index (Phi) is 5.37. The summed E-state index contributed by atoms with van der Waals surface area (Å²) >= 11 is 0. The highest BCUT2D eigenvalue weighted by Gasteiger charge is 2.25. The molecule has 0 aliphatic carbocycles. The number of aromatic nitrogens is 2. The van der Waals surface area contributed by atoms with E-state index in [0.29, 0.717) is 44.4 Å². The van der Waals surface area contributed by atoms with Crippen molar-refractivity contribution in [3.8, 4) is 5.88 Å². The Labute approximate surface area is 118 Å². The van der Waals surface area contributed by atoms with Gasteiger partial charge in [-0.1, -0.05) is 0 Å². The summed E-state index contributed by atoms with van der Waals surface area (Å²) in [5.41, 5.74) is 0.511. The molecule has 0 fully saturated rings. The van der Waals surface area contributed by atoms with Gasteiger partial charge in [-0.15, -0.1) is 0 Å². The highest BCUT2D eigenvalue weighted by molar-refractivity contribution is 5.96. The average Bonchev–Trinajstić information content (AvgIpc) is 2.91. The van der Waals surface area contributed by atoms with Gasteiger partial charge in [-0.2, -0.15) is 5.10 Å². The number of hydrogen-bond donors (Lipinski definition) is 0. The fourth-order valence-electron chi connectivity index (χ4n) is 2.10. The molecule has 0 bridgehead atoms. The van der Waals surface area contributed by atoms with E-state index in [0.717, 1.165) is 13.0 Å². The molecule has 0 unspecified atom stereocenters. The van der Waals surface area contributed by atoms with Gasteiger partial charge in [0.1, 0.15) is 5.56 Å². The second-order valence-electron chi connectivity index (χ2n) is 4.57. The van der Waals surface area contributed by atoms with Gasteiger partial charge in [0, 0.05) is 40.3 Å². The zero-order valence-electron chi connectivity index (χ0n) is 12.0. The Morgan fingerprint density at radius 3 is 2.75 bits per heavy atom. The maximum Gasteiger partial charge on any atom is 0.261 e. The Morgan fingerprint density at radius 1 is 1.40 bits per heavy atom. The molecule has 0 N–H and O–H groups in total. The Morgan fingerprint density at radius 2 is 2.10 bits per heavy atom. The largest absolute Gasteiger partial charge is 0.477 e. The van der Waals surface area contributed by atoms with Gasteiger partial charge >= 0.3 is 0 Å². The van der Waals surface area contributed by atoms with Crippen LogP contribution in [-0.2, 0) is 16.0 Å². The second-order valence-corrected chi connectivity index (χ2v) is 4.57. The molecule has 0 spiro atoms. The summed E-state index contributed by atoms with van der Waals surface area (Å²) in [7, 11) is 3.23. The second kappa shape index (κ2) is 7.25.